The molecule has 2 aromatic rings. The van der Waals surface area contributed by atoms with Crippen molar-refractivity contribution in [3.8, 4) is 0 Å². The molecule has 0 atom stereocenters. The van der Waals surface area contributed by atoms with Crippen LogP contribution in [0.4, 0.5) is 0 Å². The Balaban J connectivity index is 2.56. The van der Waals surface area contributed by atoms with Crippen LogP contribution < -0.4 is 0 Å². The molecular formula is C14H10N2O2. The lowest BCUT2D eigenvalue weighted by Gasteiger charge is -2.06. The van der Waals surface area contributed by atoms with Gasteiger partial charge >= 0.3 is 0 Å². The standard InChI is InChI=1S/C14H10N2O2/c17-9-15-7-11-3-1-5-13-12(8-16-10-18)4-2-6-14(11)13/h1-6H,7-8H2. The van der Waals surface area contributed by atoms with E-state index in [1.54, 1.807) is 0 Å². The summed E-state index contributed by atoms with van der Waals surface area (Å²) >= 11 is 0. The number of carbonyl (C=O) groups excluding carboxylic acids is 2. The predicted molar refractivity (Wildman–Crippen MR) is 67.6 cm³/mol. The van der Waals surface area contributed by atoms with Crippen LogP contribution in [0.25, 0.3) is 10.8 Å². The lowest BCUT2D eigenvalue weighted by molar-refractivity contribution is 0.562. The fourth-order valence-corrected chi connectivity index (χ4v) is 1.95. The molecule has 0 radical (unpaired) electrons. The molecular weight excluding hydrogens is 228 g/mol. The van der Waals surface area contributed by atoms with Gasteiger partial charge in [-0.25, -0.2) is 19.6 Å². The van der Waals surface area contributed by atoms with Gasteiger partial charge < -0.3 is 0 Å². The maximum absolute atomic E-state index is 10.2. The number of fused-ring (bicyclic) bond motifs is 1. The molecule has 2 rings (SSSR count). The summed E-state index contributed by atoms with van der Waals surface area (Å²) in [4.78, 5) is 27.5. The fraction of sp³-hybridized carbons (Fsp3) is 0.143. The van der Waals surface area contributed by atoms with Crippen LogP contribution in [0.2, 0.25) is 0 Å². The van der Waals surface area contributed by atoms with E-state index in [1.807, 2.05) is 36.4 Å². The van der Waals surface area contributed by atoms with E-state index < -0.39 is 0 Å². The van der Waals surface area contributed by atoms with Gasteiger partial charge in [-0.1, -0.05) is 36.4 Å². The molecule has 0 saturated carbocycles. The van der Waals surface area contributed by atoms with Crippen LogP contribution in [0.3, 0.4) is 0 Å². The van der Waals surface area contributed by atoms with Gasteiger partial charge in [-0.2, -0.15) is 0 Å². The normalized spacial score (nSPS) is 9.56. The Kier molecular flexibility index (Phi) is 3.77. The minimum absolute atomic E-state index is 0.307. The fourth-order valence-electron chi connectivity index (χ4n) is 1.95. The molecule has 0 aromatic heterocycles. The quantitative estimate of drug-likeness (QED) is 0.607. The van der Waals surface area contributed by atoms with Crippen LogP contribution in [-0.4, -0.2) is 12.2 Å². The number of isocyanates is 2. The molecule has 0 unspecified atom stereocenters. The topological polar surface area (TPSA) is 58.9 Å². The first kappa shape index (κ1) is 11.9. The molecule has 2 aromatic carbocycles. The Morgan fingerprint density at radius 3 is 1.61 bits per heavy atom. The molecule has 0 aliphatic rings. The van der Waals surface area contributed by atoms with E-state index in [4.69, 9.17) is 0 Å². The van der Waals surface area contributed by atoms with E-state index in [2.05, 4.69) is 9.98 Å². The molecule has 0 aliphatic carbocycles. The van der Waals surface area contributed by atoms with E-state index in [0.717, 1.165) is 21.9 Å². The molecule has 0 spiro atoms. The first-order valence-corrected chi connectivity index (χ1v) is 5.43. The lowest BCUT2D eigenvalue weighted by atomic mass is 10.00. The maximum atomic E-state index is 10.2. The Labute approximate surface area is 104 Å². The van der Waals surface area contributed by atoms with E-state index in [9.17, 15) is 9.59 Å². The van der Waals surface area contributed by atoms with Crippen molar-refractivity contribution in [2.24, 2.45) is 9.98 Å². The third kappa shape index (κ3) is 2.41. The molecule has 0 bridgehead atoms. The number of nitrogens with zero attached hydrogens (tertiary/aromatic N) is 2. The molecule has 0 aliphatic heterocycles. The van der Waals surface area contributed by atoms with Gasteiger partial charge in [-0.3, -0.25) is 0 Å². The van der Waals surface area contributed by atoms with Crippen LogP contribution in [0.15, 0.2) is 46.4 Å². The lowest BCUT2D eigenvalue weighted by Crippen LogP contribution is -1.89. The number of hydrogen-bond acceptors (Lipinski definition) is 4. The molecule has 4 nitrogen and oxygen atoms in total. The summed E-state index contributed by atoms with van der Waals surface area (Å²) in [6.45, 7) is 0.614. The van der Waals surface area contributed by atoms with Gasteiger partial charge in [0.2, 0.25) is 12.2 Å². The Bertz CT molecular complexity index is 607. The van der Waals surface area contributed by atoms with Crippen molar-refractivity contribution in [2.45, 2.75) is 13.1 Å². The van der Waals surface area contributed by atoms with Crippen molar-refractivity contribution < 1.29 is 9.59 Å². The monoisotopic (exact) mass is 238 g/mol. The van der Waals surface area contributed by atoms with Gasteiger partial charge in [0.1, 0.15) is 0 Å². The second kappa shape index (κ2) is 5.69. The highest BCUT2D eigenvalue weighted by atomic mass is 16.1. The largest absolute Gasteiger partial charge is 0.235 e. The third-order valence-electron chi connectivity index (χ3n) is 2.73. The Morgan fingerprint density at radius 1 is 0.778 bits per heavy atom. The summed E-state index contributed by atoms with van der Waals surface area (Å²) in [5.41, 5.74) is 1.90. The molecule has 0 N–H and O–H groups in total. The molecule has 0 heterocycles. The van der Waals surface area contributed by atoms with Crippen LogP contribution in [0.1, 0.15) is 11.1 Å². The van der Waals surface area contributed by atoms with E-state index >= 15 is 0 Å². The highest BCUT2D eigenvalue weighted by Gasteiger charge is 2.04. The Hall–Kier alpha value is -2.54. The maximum Gasteiger partial charge on any atom is 0.235 e. The van der Waals surface area contributed by atoms with Crippen molar-refractivity contribution >= 4 is 22.9 Å². The van der Waals surface area contributed by atoms with Gasteiger partial charge in [0.05, 0.1) is 13.1 Å². The second-order valence-corrected chi connectivity index (χ2v) is 3.74. The first-order valence-electron chi connectivity index (χ1n) is 5.43. The SMILES string of the molecule is O=C=NCc1cccc2c(CN=C=O)cccc12. The van der Waals surface area contributed by atoms with Crippen molar-refractivity contribution in [1.82, 2.24) is 0 Å². The minimum atomic E-state index is 0.307. The number of aliphatic imine (C=N–C) groups is 2. The summed E-state index contributed by atoms with van der Waals surface area (Å²) in [6, 6.07) is 11.5. The van der Waals surface area contributed by atoms with Gasteiger partial charge in [-0.15, -0.1) is 0 Å². The van der Waals surface area contributed by atoms with Crippen molar-refractivity contribution in [3.63, 3.8) is 0 Å². The minimum Gasteiger partial charge on any atom is -0.211 e. The van der Waals surface area contributed by atoms with Gasteiger partial charge in [0.15, 0.2) is 0 Å². The van der Waals surface area contributed by atoms with Gasteiger partial charge in [0.25, 0.3) is 0 Å². The zero-order valence-electron chi connectivity index (χ0n) is 9.59. The average Bonchev–Trinajstić information content (AvgIpc) is 2.42. The van der Waals surface area contributed by atoms with Crippen LogP contribution in [0.5, 0.6) is 0 Å². The number of benzene rings is 2. The van der Waals surface area contributed by atoms with Gasteiger partial charge in [-0.05, 0) is 21.9 Å². The average molecular weight is 238 g/mol. The summed E-state index contributed by atoms with van der Waals surface area (Å²) < 4.78 is 0. The molecule has 88 valence electrons. The van der Waals surface area contributed by atoms with E-state index in [-0.39, 0.29) is 0 Å². The van der Waals surface area contributed by atoms with Crippen molar-refractivity contribution in [2.75, 3.05) is 0 Å². The zero-order valence-corrected chi connectivity index (χ0v) is 9.59. The van der Waals surface area contributed by atoms with Crippen LogP contribution in [-0.2, 0) is 22.7 Å². The predicted octanol–water partition coefficient (Wildman–Crippen LogP) is 2.51. The summed E-state index contributed by atoms with van der Waals surface area (Å²) in [5.74, 6) is 0. The summed E-state index contributed by atoms with van der Waals surface area (Å²) in [6.07, 6.45) is 3.07. The smallest absolute Gasteiger partial charge is 0.211 e. The molecule has 18 heavy (non-hydrogen) atoms. The van der Waals surface area contributed by atoms with Crippen molar-refractivity contribution in [1.29, 1.82) is 0 Å². The highest BCUT2D eigenvalue weighted by molar-refractivity contribution is 5.88. The van der Waals surface area contributed by atoms with Crippen LogP contribution in [0, 0.1) is 0 Å². The van der Waals surface area contributed by atoms with E-state index in [1.165, 1.54) is 12.2 Å². The van der Waals surface area contributed by atoms with Crippen LogP contribution >= 0.6 is 0 Å². The van der Waals surface area contributed by atoms with E-state index in [0.29, 0.717) is 13.1 Å². The Morgan fingerprint density at radius 2 is 1.22 bits per heavy atom. The summed E-state index contributed by atoms with van der Waals surface area (Å²) in [7, 11) is 0. The number of rotatable bonds is 4. The molecule has 4 heteroatoms. The molecule has 0 fully saturated rings. The number of hydrogen-bond donors (Lipinski definition) is 0. The third-order valence-corrected chi connectivity index (χ3v) is 2.73. The second-order valence-electron chi connectivity index (χ2n) is 3.74. The zero-order chi connectivity index (χ0) is 12.8. The highest BCUT2D eigenvalue weighted by Crippen LogP contribution is 2.23. The molecule has 0 saturated heterocycles. The van der Waals surface area contributed by atoms with Crippen molar-refractivity contribution in [3.05, 3.63) is 47.5 Å². The first-order chi connectivity index (χ1) is 8.86. The molecule has 0 amide bonds. The summed E-state index contributed by atoms with van der Waals surface area (Å²) in [5, 5.41) is 2.02. The van der Waals surface area contributed by atoms with Gasteiger partial charge in [0, 0.05) is 0 Å².